The lowest BCUT2D eigenvalue weighted by atomic mass is 9.83. The second-order valence-electron chi connectivity index (χ2n) is 5.34. The Morgan fingerprint density at radius 3 is 2.61 bits per heavy atom. The van der Waals surface area contributed by atoms with Gasteiger partial charge in [0.15, 0.2) is 0 Å². The van der Waals surface area contributed by atoms with Crippen LogP contribution in [0.2, 0.25) is 0 Å². The van der Waals surface area contributed by atoms with E-state index in [9.17, 15) is 0 Å². The number of rotatable bonds is 1. The zero-order valence-electron chi connectivity index (χ0n) is 10.9. The summed E-state index contributed by atoms with van der Waals surface area (Å²) in [5.74, 6) is 0. The van der Waals surface area contributed by atoms with Crippen LogP contribution in [-0.4, -0.2) is 4.57 Å². The van der Waals surface area contributed by atoms with Gasteiger partial charge in [-0.25, -0.2) is 0 Å². The lowest BCUT2D eigenvalue weighted by Crippen LogP contribution is -2.15. The number of fused-ring (bicyclic) bond motifs is 3. The minimum Gasteiger partial charge on any atom is -0.315 e. The van der Waals surface area contributed by atoms with Crippen molar-refractivity contribution in [3.05, 3.63) is 57.8 Å². The summed E-state index contributed by atoms with van der Waals surface area (Å²) in [4.78, 5) is 0. The Bertz CT molecular complexity index is 662. The van der Waals surface area contributed by atoms with Crippen LogP contribution in [-0.2, 0) is 5.41 Å². The first kappa shape index (κ1) is 11.8. The van der Waals surface area contributed by atoms with Crippen molar-refractivity contribution >= 4 is 22.0 Å². The molecule has 1 aliphatic heterocycles. The number of aromatic nitrogens is 1. The fraction of sp³-hybridized carbons (Fsp3) is 0.250. The van der Waals surface area contributed by atoms with E-state index in [4.69, 9.17) is 0 Å². The molecular formula is C16H16BrN. The Hall–Kier alpha value is -1.28. The van der Waals surface area contributed by atoms with Gasteiger partial charge in [0.05, 0.1) is 0 Å². The van der Waals surface area contributed by atoms with Gasteiger partial charge in [0.25, 0.3) is 0 Å². The fourth-order valence-corrected chi connectivity index (χ4v) is 4.21. The summed E-state index contributed by atoms with van der Waals surface area (Å²) in [7, 11) is 0. The van der Waals surface area contributed by atoms with Gasteiger partial charge in [0.1, 0.15) is 0 Å². The van der Waals surface area contributed by atoms with E-state index in [2.05, 4.69) is 72.1 Å². The maximum atomic E-state index is 3.93. The second kappa shape index (κ2) is 3.61. The Morgan fingerprint density at radius 2 is 1.94 bits per heavy atom. The molecule has 2 heteroatoms. The number of para-hydroxylation sites is 1. The van der Waals surface area contributed by atoms with Crippen LogP contribution < -0.4 is 0 Å². The van der Waals surface area contributed by atoms with Gasteiger partial charge in [-0.05, 0) is 34.5 Å². The number of nitrogens with zero attached hydrogens (tertiary/aromatic N) is 1. The Morgan fingerprint density at radius 1 is 1.28 bits per heavy atom. The molecule has 1 aromatic heterocycles. The fourth-order valence-electron chi connectivity index (χ4n) is 3.09. The molecule has 0 radical (unpaired) electrons. The summed E-state index contributed by atoms with van der Waals surface area (Å²) < 4.78 is 3.53. The third-order valence-electron chi connectivity index (χ3n) is 4.01. The third kappa shape index (κ3) is 1.22. The summed E-state index contributed by atoms with van der Waals surface area (Å²) in [5, 5.41) is 0. The van der Waals surface area contributed by atoms with Crippen molar-refractivity contribution in [1.82, 2.24) is 4.57 Å². The molecule has 0 fully saturated rings. The lowest BCUT2D eigenvalue weighted by molar-refractivity contribution is 0.638. The molecule has 18 heavy (non-hydrogen) atoms. The molecule has 0 saturated heterocycles. The topological polar surface area (TPSA) is 4.93 Å². The molecule has 0 N–H and O–H groups in total. The highest BCUT2D eigenvalue weighted by atomic mass is 79.9. The third-order valence-corrected chi connectivity index (χ3v) is 4.81. The molecule has 0 atom stereocenters. The largest absolute Gasteiger partial charge is 0.315 e. The Kier molecular flexibility index (Phi) is 2.36. The molecule has 0 saturated carbocycles. The van der Waals surface area contributed by atoms with Crippen molar-refractivity contribution in [2.75, 3.05) is 0 Å². The minimum atomic E-state index is 0.0292. The number of halogens is 1. The van der Waals surface area contributed by atoms with E-state index in [0.29, 0.717) is 0 Å². The van der Waals surface area contributed by atoms with Gasteiger partial charge in [-0.1, -0.05) is 44.7 Å². The van der Waals surface area contributed by atoms with Crippen LogP contribution in [0.1, 0.15) is 36.4 Å². The normalized spacial score (nSPS) is 15.3. The van der Waals surface area contributed by atoms with Crippen molar-refractivity contribution in [1.29, 1.82) is 0 Å². The van der Waals surface area contributed by atoms with E-state index >= 15 is 0 Å². The van der Waals surface area contributed by atoms with E-state index in [1.165, 1.54) is 32.7 Å². The zero-order valence-corrected chi connectivity index (χ0v) is 12.5. The van der Waals surface area contributed by atoms with Gasteiger partial charge in [0.2, 0.25) is 0 Å². The van der Waals surface area contributed by atoms with Gasteiger partial charge < -0.3 is 4.57 Å². The monoisotopic (exact) mass is 301 g/mol. The summed E-state index contributed by atoms with van der Waals surface area (Å²) in [6.07, 6.45) is 1.93. The molecule has 0 unspecified atom stereocenters. The molecular weight excluding hydrogens is 286 g/mol. The average Bonchev–Trinajstić information content (AvgIpc) is 2.74. The summed E-state index contributed by atoms with van der Waals surface area (Å²) >= 11 is 3.76. The number of hydrogen-bond donors (Lipinski definition) is 0. The Labute approximate surface area is 116 Å². The molecule has 0 spiro atoms. The van der Waals surface area contributed by atoms with E-state index < -0.39 is 0 Å². The van der Waals surface area contributed by atoms with Crippen LogP contribution in [0.5, 0.6) is 0 Å². The van der Waals surface area contributed by atoms with Crippen LogP contribution in [0.4, 0.5) is 0 Å². The molecule has 0 bridgehead atoms. The molecule has 92 valence electrons. The summed E-state index contributed by atoms with van der Waals surface area (Å²) in [6, 6.07) is 8.64. The smallest absolute Gasteiger partial charge is 0.0497 e. The van der Waals surface area contributed by atoms with Crippen molar-refractivity contribution < 1.29 is 0 Å². The molecule has 0 aliphatic carbocycles. The van der Waals surface area contributed by atoms with Crippen molar-refractivity contribution in [2.45, 2.75) is 26.2 Å². The predicted molar refractivity (Wildman–Crippen MR) is 80.4 cm³/mol. The van der Waals surface area contributed by atoms with Crippen LogP contribution in [0, 0.1) is 6.92 Å². The molecule has 0 amide bonds. The van der Waals surface area contributed by atoms with Crippen LogP contribution >= 0.6 is 15.9 Å². The standard InChI is InChI=1S/C16H16BrN/c1-5-11-10(2)18-13-9-7-6-8-12(13)16(3,4)15(18)14(11)17/h5-9H,1H2,2-4H3. The predicted octanol–water partition coefficient (Wildman–Crippen LogP) is 4.83. The van der Waals surface area contributed by atoms with Crippen molar-refractivity contribution in [3.63, 3.8) is 0 Å². The quantitative estimate of drug-likeness (QED) is 0.711. The van der Waals surface area contributed by atoms with Crippen LogP contribution in [0.3, 0.4) is 0 Å². The summed E-state index contributed by atoms with van der Waals surface area (Å²) in [5.41, 5.74) is 6.50. The first-order valence-electron chi connectivity index (χ1n) is 6.13. The van der Waals surface area contributed by atoms with Crippen LogP contribution in [0.15, 0.2) is 35.3 Å². The first-order valence-corrected chi connectivity index (χ1v) is 6.93. The summed E-state index contributed by atoms with van der Waals surface area (Å²) in [6.45, 7) is 10.6. The van der Waals surface area contributed by atoms with E-state index in [1.807, 2.05) is 6.08 Å². The number of benzene rings is 1. The molecule has 2 aromatic rings. The maximum Gasteiger partial charge on any atom is 0.0497 e. The van der Waals surface area contributed by atoms with E-state index in [-0.39, 0.29) is 5.41 Å². The highest BCUT2D eigenvalue weighted by Gasteiger charge is 2.39. The highest BCUT2D eigenvalue weighted by Crippen LogP contribution is 2.49. The van der Waals surface area contributed by atoms with Crippen molar-refractivity contribution in [3.8, 4) is 5.69 Å². The molecule has 2 heterocycles. The van der Waals surface area contributed by atoms with Crippen LogP contribution in [0.25, 0.3) is 11.8 Å². The van der Waals surface area contributed by atoms with E-state index in [0.717, 1.165) is 0 Å². The molecule has 3 rings (SSSR count). The maximum absolute atomic E-state index is 3.93. The van der Waals surface area contributed by atoms with Crippen molar-refractivity contribution in [2.24, 2.45) is 0 Å². The second-order valence-corrected chi connectivity index (χ2v) is 6.14. The minimum absolute atomic E-state index is 0.0292. The van der Waals surface area contributed by atoms with Gasteiger partial charge in [-0.2, -0.15) is 0 Å². The lowest BCUT2D eigenvalue weighted by Gasteiger charge is -2.19. The van der Waals surface area contributed by atoms with Gasteiger partial charge in [0, 0.05) is 32.5 Å². The average molecular weight is 302 g/mol. The molecule has 1 aromatic carbocycles. The first-order chi connectivity index (χ1) is 8.50. The van der Waals surface area contributed by atoms with Gasteiger partial charge >= 0.3 is 0 Å². The van der Waals surface area contributed by atoms with E-state index in [1.54, 1.807) is 0 Å². The Balaban J connectivity index is 2.48. The highest BCUT2D eigenvalue weighted by molar-refractivity contribution is 9.10. The van der Waals surface area contributed by atoms with Gasteiger partial charge in [-0.15, -0.1) is 0 Å². The van der Waals surface area contributed by atoms with Gasteiger partial charge in [-0.3, -0.25) is 0 Å². The zero-order chi connectivity index (χ0) is 13.1. The molecule has 1 aliphatic rings. The molecule has 1 nitrogen and oxygen atoms in total. The SMILES string of the molecule is C=Cc1c(Br)c2n(c1C)-c1ccccc1C2(C)C. The number of hydrogen-bond acceptors (Lipinski definition) is 0.